The van der Waals surface area contributed by atoms with Crippen molar-refractivity contribution in [2.75, 3.05) is 14.2 Å². The summed E-state index contributed by atoms with van der Waals surface area (Å²) in [5.74, 6) is 2.43. The van der Waals surface area contributed by atoms with Crippen molar-refractivity contribution >= 4 is 0 Å². The topological polar surface area (TPSA) is 30.5 Å². The summed E-state index contributed by atoms with van der Waals surface area (Å²) in [5.41, 5.74) is 1.33. The Labute approximate surface area is 102 Å². The zero-order valence-electron chi connectivity index (χ0n) is 10.4. The third kappa shape index (κ3) is 1.78. The van der Waals surface area contributed by atoms with Crippen molar-refractivity contribution in [3.05, 3.63) is 23.8 Å². The molecule has 2 bridgehead atoms. The third-order valence-electron chi connectivity index (χ3n) is 4.14. The lowest BCUT2D eigenvalue weighted by Crippen LogP contribution is -2.21. The number of hydrogen-bond acceptors (Lipinski definition) is 3. The SMILES string of the molecule is COc1ccc(C2CC3CCC2N3)c(OC)c1. The first-order valence-electron chi connectivity index (χ1n) is 6.30. The van der Waals surface area contributed by atoms with Crippen LogP contribution in [-0.2, 0) is 0 Å². The molecule has 3 nitrogen and oxygen atoms in total. The quantitative estimate of drug-likeness (QED) is 0.869. The Morgan fingerprint density at radius 1 is 1.18 bits per heavy atom. The predicted molar refractivity (Wildman–Crippen MR) is 66.8 cm³/mol. The monoisotopic (exact) mass is 233 g/mol. The number of fused-ring (bicyclic) bond motifs is 2. The summed E-state index contributed by atoms with van der Waals surface area (Å²) in [7, 11) is 3.42. The first kappa shape index (κ1) is 10.9. The molecular formula is C14H19NO2. The lowest BCUT2D eigenvalue weighted by atomic mass is 9.83. The first-order chi connectivity index (χ1) is 8.31. The van der Waals surface area contributed by atoms with Crippen LogP contribution in [0.15, 0.2) is 18.2 Å². The fraction of sp³-hybridized carbons (Fsp3) is 0.571. The van der Waals surface area contributed by atoms with Crippen LogP contribution in [0.5, 0.6) is 11.5 Å². The molecule has 1 N–H and O–H groups in total. The van der Waals surface area contributed by atoms with E-state index in [-0.39, 0.29) is 0 Å². The molecule has 3 rings (SSSR count). The maximum atomic E-state index is 5.50. The van der Waals surface area contributed by atoms with Gasteiger partial charge in [0, 0.05) is 24.1 Å². The molecule has 2 aliphatic heterocycles. The highest BCUT2D eigenvalue weighted by molar-refractivity contribution is 5.44. The largest absolute Gasteiger partial charge is 0.497 e. The second kappa shape index (κ2) is 4.22. The van der Waals surface area contributed by atoms with Crippen molar-refractivity contribution in [3.8, 4) is 11.5 Å². The summed E-state index contributed by atoms with van der Waals surface area (Å²) >= 11 is 0. The normalized spacial score (nSPS) is 30.6. The van der Waals surface area contributed by atoms with Crippen LogP contribution in [0.2, 0.25) is 0 Å². The molecule has 0 saturated carbocycles. The molecule has 17 heavy (non-hydrogen) atoms. The van der Waals surface area contributed by atoms with Gasteiger partial charge in [0.1, 0.15) is 11.5 Å². The van der Waals surface area contributed by atoms with Gasteiger partial charge in [0.15, 0.2) is 0 Å². The van der Waals surface area contributed by atoms with Gasteiger partial charge < -0.3 is 14.8 Å². The molecule has 2 heterocycles. The van der Waals surface area contributed by atoms with Gasteiger partial charge in [-0.15, -0.1) is 0 Å². The summed E-state index contributed by atoms with van der Waals surface area (Å²) in [6, 6.07) is 7.54. The zero-order chi connectivity index (χ0) is 11.8. The van der Waals surface area contributed by atoms with Crippen molar-refractivity contribution in [1.29, 1.82) is 0 Å². The molecule has 0 aromatic heterocycles. The van der Waals surface area contributed by atoms with Crippen LogP contribution in [0.1, 0.15) is 30.7 Å². The van der Waals surface area contributed by atoms with Crippen LogP contribution in [0.3, 0.4) is 0 Å². The van der Waals surface area contributed by atoms with Gasteiger partial charge in [-0.1, -0.05) is 6.07 Å². The van der Waals surface area contributed by atoms with Crippen molar-refractivity contribution in [1.82, 2.24) is 5.32 Å². The summed E-state index contributed by atoms with van der Waals surface area (Å²) in [5, 5.41) is 3.67. The van der Waals surface area contributed by atoms with E-state index in [1.54, 1.807) is 14.2 Å². The summed E-state index contributed by atoms with van der Waals surface area (Å²) in [6.07, 6.45) is 3.87. The summed E-state index contributed by atoms with van der Waals surface area (Å²) < 4.78 is 10.7. The molecule has 2 fully saturated rings. The lowest BCUT2D eigenvalue weighted by molar-refractivity contribution is 0.383. The fourth-order valence-corrected chi connectivity index (χ4v) is 3.29. The van der Waals surface area contributed by atoms with Gasteiger partial charge in [0.25, 0.3) is 0 Å². The highest BCUT2D eigenvalue weighted by Crippen LogP contribution is 2.43. The molecule has 1 aromatic rings. The maximum absolute atomic E-state index is 5.50. The van der Waals surface area contributed by atoms with Crippen molar-refractivity contribution in [2.24, 2.45) is 0 Å². The van der Waals surface area contributed by atoms with Gasteiger partial charge in [0.05, 0.1) is 14.2 Å². The van der Waals surface area contributed by atoms with E-state index in [9.17, 15) is 0 Å². The van der Waals surface area contributed by atoms with E-state index in [4.69, 9.17) is 9.47 Å². The van der Waals surface area contributed by atoms with Crippen LogP contribution in [0.4, 0.5) is 0 Å². The molecule has 92 valence electrons. The van der Waals surface area contributed by atoms with Gasteiger partial charge >= 0.3 is 0 Å². The Bertz CT molecular complexity index is 419. The number of benzene rings is 1. The van der Waals surface area contributed by atoms with Gasteiger partial charge in [-0.3, -0.25) is 0 Å². The number of ether oxygens (including phenoxy) is 2. The van der Waals surface area contributed by atoms with Crippen LogP contribution in [0.25, 0.3) is 0 Å². The summed E-state index contributed by atoms with van der Waals surface area (Å²) in [6.45, 7) is 0. The molecule has 2 aliphatic rings. The van der Waals surface area contributed by atoms with E-state index >= 15 is 0 Å². The Morgan fingerprint density at radius 3 is 2.65 bits per heavy atom. The average molecular weight is 233 g/mol. The number of methoxy groups -OCH3 is 2. The fourth-order valence-electron chi connectivity index (χ4n) is 3.29. The smallest absolute Gasteiger partial charge is 0.126 e. The van der Waals surface area contributed by atoms with Crippen molar-refractivity contribution < 1.29 is 9.47 Å². The lowest BCUT2D eigenvalue weighted by Gasteiger charge is -2.22. The Balaban J connectivity index is 1.92. The molecule has 3 heteroatoms. The average Bonchev–Trinajstić information content (AvgIpc) is 3.00. The van der Waals surface area contributed by atoms with Gasteiger partial charge in [0.2, 0.25) is 0 Å². The predicted octanol–water partition coefficient (Wildman–Crippen LogP) is 2.31. The third-order valence-corrected chi connectivity index (χ3v) is 4.14. The minimum absolute atomic E-state index is 0.606. The second-order valence-electron chi connectivity index (χ2n) is 5.00. The number of nitrogens with one attached hydrogen (secondary N) is 1. The molecule has 0 radical (unpaired) electrons. The minimum Gasteiger partial charge on any atom is -0.497 e. The van der Waals surface area contributed by atoms with E-state index < -0.39 is 0 Å². The van der Waals surface area contributed by atoms with Gasteiger partial charge in [-0.25, -0.2) is 0 Å². The second-order valence-corrected chi connectivity index (χ2v) is 5.00. The molecule has 0 spiro atoms. The van der Waals surface area contributed by atoms with Crippen LogP contribution in [0, 0.1) is 0 Å². The standard InChI is InChI=1S/C14H19NO2/c1-16-10-4-5-11(14(8-10)17-2)12-7-9-3-6-13(12)15-9/h4-5,8-9,12-13,15H,3,6-7H2,1-2H3. The molecule has 0 aliphatic carbocycles. The Morgan fingerprint density at radius 2 is 2.06 bits per heavy atom. The van der Waals surface area contributed by atoms with Crippen LogP contribution >= 0.6 is 0 Å². The van der Waals surface area contributed by atoms with Crippen molar-refractivity contribution in [2.45, 2.75) is 37.3 Å². The Hall–Kier alpha value is -1.22. The van der Waals surface area contributed by atoms with E-state index in [0.29, 0.717) is 12.0 Å². The van der Waals surface area contributed by atoms with E-state index in [2.05, 4.69) is 11.4 Å². The molecule has 3 atom stereocenters. The molecule has 3 unspecified atom stereocenters. The first-order valence-corrected chi connectivity index (χ1v) is 6.30. The highest BCUT2D eigenvalue weighted by Gasteiger charge is 2.40. The van der Waals surface area contributed by atoms with Crippen molar-refractivity contribution in [3.63, 3.8) is 0 Å². The van der Waals surface area contributed by atoms with E-state index in [1.165, 1.54) is 24.8 Å². The van der Waals surface area contributed by atoms with Crippen LogP contribution in [-0.4, -0.2) is 26.3 Å². The highest BCUT2D eigenvalue weighted by atomic mass is 16.5. The molecule has 2 saturated heterocycles. The Kier molecular flexibility index (Phi) is 2.71. The van der Waals surface area contributed by atoms with Gasteiger partial charge in [-0.05, 0) is 30.9 Å². The minimum atomic E-state index is 0.606. The molecule has 1 aromatic carbocycles. The molecular weight excluding hydrogens is 214 g/mol. The molecule has 0 amide bonds. The summed E-state index contributed by atoms with van der Waals surface area (Å²) in [4.78, 5) is 0. The maximum Gasteiger partial charge on any atom is 0.126 e. The van der Waals surface area contributed by atoms with Crippen LogP contribution < -0.4 is 14.8 Å². The van der Waals surface area contributed by atoms with Gasteiger partial charge in [-0.2, -0.15) is 0 Å². The zero-order valence-corrected chi connectivity index (χ0v) is 10.4. The number of hydrogen-bond donors (Lipinski definition) is 1. The number of rotatable bonds is 3. The van der Waals surface area contributed by atoms with E-state index in [0.717, 1.165) is 17.5 Å². The van der Waals surface area contributed by atoms with E-state index in [1.807, 2.05) is 12.1 Å².